The molecule has 4 heterocycles. The lowest BCUT2D eigenvalue weighted by atomic mass is 10.0. The number of ketones is 2. The number of H-pyrrole nitrogens is 1. The standard InChI is InChI=1S/C23H25N5O4/c1-13-19(16(4)29)14(2)25-20(13)21(30)15(3)27-7-9-28(10-8-27)23-17(12-24)26-22(32-23)18-6-5-11-31-18/h5-6,11,15,25H,7-10H2,1-4H3. The maximum Gasteiger partial charge on any atom is 0.266 e. The minimum atomic E-state index is -0.349. The highest BCUT2D eigenvalue weighted by atomic mass is 16.4. The normalized spacial score (nSPS) is 15.5. The van der Waals surface area contributed by atoms with Gasteiger partial charge in [0.1, 0.15) is 6.07 Å². The number of aromatic amines is 1. The maximum absolute atomic E-state index is 13.2. The Hall–Kier alpha value is -3.64. The number of nitrogens with zero attached hydrogens (tertiary/aromatic N) is 4. The molecule has 0 spiro atoms. The summed E-state index contributed by atoms with van der Waals surface area (Å²) in [5, 5.41) is 9.48. The summed E-state index contributed by atoms with van der Waals surface area (Å²) in [6, 6.07) is 5.19. The van der Waals surface area contributed by atoms with Crippen molar-refractivity contribution in [1.29, 1.82) is 5.26 Å². The molecule has 0 amide bonds. The zero-order valence-corrected chi connectivity index (χ0v) is 18.6. The molecule has 0 bridgehead atoms. The summed E-state index contributed by atoms with van der Waals surface area (Å²) in [5.41, 5.74) is 2.72. The molecule has 9 heteroatoms. The molecule has 4 rings (SSSR count). The smallest absolute Gasteiger partial charge is 0.266 e. The van der Waals surface area contributed by atoms with Gasteiger partial charge in [-0.15, -0.1) is 0 Å². The summed E-state index contributed by atoms with van der Waals surface area (Å²) in [6.07, 6.45) is 1.52. The van der Waals surface area contributed by atoms with Crippen LogP contribution in [0.3, 0.4) is 0 Å². The van der Waals surface area contributed by atoms with Crippen LogP contribution in [-0.4, -0.2) is 58.7 Å². The number of oxazole rings is 1. The molecule has 0 radical (unpaired) electrons. The zero-order valence-electron chi connectivity index (χ0n) is 18.6. The Labute approximate surface area is 185 Å². The predicted octanol–water partition coefficient (Wildman–Crippen LogP) is 3.35. The highest BCUT2D eigenvalue weighted by Crippen LogP contribution is 2.29. The first-order chi connectivity index (χ1) is 15.3. The van der Waals surface area contributed by atoms with E-state index in [4.69, 9.17) is 8.83 Å². The number of piperazine rings is 1. The molecule has 1 aliphatic rings. The molecule has 3 aromatic heterocycles. The van der Waals surface area contributed by atoms with E-state index in [9.17, 15) is 14.9 Å². The lowest BCUT2D eigenvalue weighted by molar-refractivity contribution is 0.0823. The molecule has 32 heavy (non-hydrogen) atoms. The minimum absolute atomic E-state index is 0.0379. The maximum atomic E-state index is 13.2. The fourth-order valence-electron chi connectivity index (χ4n) is 4.32. The van der Waals surface area contributed by atoms with Gasteiger partial charge in [0.25, 0.3) is 5.89 Å². The van der Waals surface area contributed by atoms with Crippen LogP contribution in [0.4, 0.5) is 5.88 Å². The number of carbonyl (C=O) groups excluding carboxylic acids is 2. The van der Waals surface area contributed by atoms with Crippen LogP contribution in [0.15, 0.2) is 27.2 Å². The van der Waals surface area contributed by atoms with E-state index >= 15 is 0 Å². The molecule has 1 fully saturated rings. The molecule has 0 saturated carbocycles. The number of anilines is 1. The second-order valence-electron chi connectivity index (χ2n) is 8.01. The number of carbonyl (C=O) groups is 2. The number of furan rings is 1. The van der Waals surface area contributed by atoms with Crippen molar-refractivity contribution in [3.8, 4) is 17.7 Å². The first kappa shape index (κ1) is 21.6. The number of hydrogen-bond donors (Lipinski definition) is 1. The number of Topliss-reactive ketones (excluding diaryl/α,β-unsaturated/α-hetero) is 2. The molecule has 0 aliphatic carbocycles. The molecule has 1 unspecified atom stereocenters. The summed E-state index contributed by atoms with van der Waals surface area (Å²) in [6.45, 7) is 9.41. The number of rotatable bonds is 6. The highest BCUT2D eigenvalue weighted by Gasteiger charge is 2.31. The van der Waals surface area contributed by atoms with E-state index in [1.165, 1.54) is 13.2 Å². The van der Waals surface area contributed by atoms with Gasteiger partial charge in [-0.05, 0) is 45.4 Å². The van der Waals surface area contributed by atoms with Crippen molar-refractivity contribution < 1.29 is 18.4 Å². The number of aryl methyl sites for hydroxylation is 1. The Morgan fingerprint density at radius 1 is 1.25 bits per heavy atom. The Morgan fingerprint density at radius 3 is 2.53 bits per heavy atom. The van der Waals surface area contributed by atoms with Crippen LogP contribution in [0, 0.1) is 25.2 Å². The summed E-state index contributed by atoms with van der Waals surface area (Å²) in [7, 11) is 0. The van der Waals surface area contributed by atoms with E-state index < -0.39 is 0 Å². The second-order valence-corrected chi connectivity index (χ2v) is 8.01. The van der Waals surface area contributed by atoms with Crippen LogP contribution < -0.4 is 4.90 Å². The van der Waals surface area contributed by atoms with Crippen molar-refractivity contribution in [2.75, 3.05) is 31.1 Å². The largest absolute Gasteiger partial charge is 0.459 e. The topological polar surface area (TPSA) is 119 Å². The third-order valence-electron chi connectivity index (χ3n) is 6.01. The number of nitriles is 1. The number of nitrogens with one attached hydrogen (secondary N) is 1. The van der Waals surface area contributed by atoms with Gasteiger partial charge >= 0.3 is 0 Å². The molecule has 0 aromatic carbocycles. The molecule has 3 aromatic rings. The van der Waals surface area contributed by atoms with Crippen molar-refractivity contribution in [2.45, 2.75) is 33.7 Å². The van der Waals surface area contributed by atoms with E-state index in [2.05, 4.69) is 20.9 Å². The lowest BCUT2D eigenvalue weighted by Gasteiger charge is -2.37. The monoisotopic (exact) mass is 435 g/mol. The molecule has 1 N–H and O–H groups in total. The zero-order chi connectivity index (χ0) is 23.0. The molecular weight excluding hydrogens is 410 g/mol. The first-order valence-corrected chi connectivity index (χ1v) is 10.5. The Bertz CT molecular complexity index is 1190. The van der Waals surface area contributed by atoms with Gasteiger partial charge < -0.3 is 18.7 Å². The van der Waals surface area contributed by atoms with Gasteiger partial charge in [-0.2, -0.15) is 10.2 Å². The molecule has 1 atom stereocenters. The average molecular weight is 435 g/mol. The van der Waals surface area contributed by atoms with E-state index in [1.54, 1.807) is 12.1 Å². The van der Waals surface area contributed by atoms with Crippen molar-refractivity contribution >= 4 is 17.5 Å². The predicted molar refractivity (Wildman–Crippen MR) is 117 cm³/mol. The molecular formula is C23H25N5O4. The van der Waals surface area contributed by atoms with Gasteiger partial charge in [0, 0.05) is 37.4 Å². The Morgan fingerprint density at radius 2 is 1.97 bits per heavy atom. The number of hydrogen-bond acceptors (Lipinski definition) is 8. The van der Waals surface area contributed by atoms with E-state index in [0.29, 0.717) is 54.6 Å². The average Bonchev–Trinajstić information content (AvgIpc) is 3.51. The van der Waals surface area contributed by atoms with E-state index in [1.807, 2.05) is 25.7 Å². The SMILES string of the molecule is CC(=O)c1c(C)[nH]c(C(=O)C(C)N2CCN(c3oc(-c4ccco4)nc3C#N)CC2)c1C. The molecule has 9 nitrogen and oxygen atoms in total. The first-order valence-electron chi connectivity index (χ1n) is 10.5. The minimum Gasteiger partial charge on any atom is -0.459 e. The molecule has 166 valence electrons. The van der Waals surface area contributed by atoms with Crippen LogP contribution in [0.2, 0.25) is 0 Å². The van der Waals surface area contributed by atoms with Crippen molar-refractivity contribution in [2.24, 2.45) is 0 Å². The van der Waals surface area contributed by atoms with Crippen LogP contribution >= 0.6 is 0 Å². The van der Waals surface area contributed by atoms with Gasteiger partial charge in [-0.25, -0.2) is 0 Å². The fourth-order valence-corrected chi connectivity index (χ4v) is 4.32. The Balaban J connectivity index is 1.46. The van der Waals surface area contributed by atoms with E-state index in [0.717, 1.165) is 5.69 Å². The second kappa shape index (κ2) is 8.48. The van der Waals surface area contributed by atoms with Gasteiger partial charge in [0.05, 0.1) is 18.0 Å². The Kier molecular flexibility index (Phi) is 5.72. The van der Waals surface area contributed by atoms with Gasteiger partial charge in [-0.1, -0.05) is 0 Å². The van der Waals surface area contributed by atoms with Crippen LogP contribution in [0.25, 0.3) is 11.7 Å². The van der Waals surface area contributed by atoms with E-state index in [-0.39, 0.29) is 29.2 Å². The number of aromatic nitrogens is 2. The third kappa shape index (κ3) is 3.74. The molecule has 1 saturated heterocycles. The lowest BCUT2D eigenvalue weighted by Crippen LogP contribution is -2.52. The van der Waals surface area contributed by atoms with Gasteiger partial charge in [0.15, 0.2) is 17.3 Å². The van der Waals surface area contributed by atoms with Crippen LogP contribution in [-0.2, 0) is 0 Å². The van der Waals surface area contributed by atoms with Gasteiger partial charge in [-0.3, -0.25) is 14.5 Å². The quantitative estimate of drug-likeness (QED) is 0.586. The van der Waals surface area contributed by atoms with Crippen LogP contribution in [0.5, 0.6) is 0 Å². The summed E-state index contributed by atoms with van der Waals surface area (Å²) >= 11 is 0. The molecule has 1 aliphatic heterocycles. The van der Waals surface area contributed by atoms with Crippen LogP contribution in [0.1, 0.15) is 51.6 Å². The van der Waals surface area contributed by atoms with Crippen molar-refractivity contribution in [1.82, 2.24) is 14.9 Å². The highest BCUT2D eigenvalue weighted by molar-refractivity contribution is 6.05. The summed E-state index contributed by atoms with van der Waals surface area (Å²) in [5.74, 6) is 1.06. The van der Waals surface area contributed by atoms with Crippen molar-refractivity contribution in [3.63, 3.8) is 0 Å². The fraction of sp³-hybridized carbons (Fsp3) is 0.391. The van der Waals surface area contributed by atoms with Gasteiger partial charge in [0.2, 0.25) is 11.6 Å². The summed E-state index contributed by atoms with van der Waals surface area (Å²) < 4.78 is 11.1. The third-order valence-corrected chi connectivity index (χ3v) is 6.01. The van der Waals surface area contributed by atoms with Crippen molar-refractivity contribution in [3.05, 3.63) is 46.6 Å². The summed E-state index contributed by atoms with van der Waals surface area (Å²) in [4.78, 5) is 36.5.